The lowest BCUT2D eigenvalue weighted by molar-refractivity contribution is -0.161. The van der Waals surface area contributed by atoms with Crippen LogP contribution >= 0.6 is 15.6 Å². The van der Waals surface area contributed by atoms with Crippen molar-refractivity contribution in [3.05, 3.63) is 109 Å². The summed E-state index contributed by atoms with van der Waals surface area (Å²) in [4.78, 5) is 58.8. The van der Waals surface area contributed by atoms with Crippen LogP contribution in [0.25, 0.3) is 0 Å². The van der Waals surface area contributed by atoms with E-state index in [1.807, 2.05) is 0 Å². The molecule has 0 aromatic heterocycles. The molecule has 4 N–H and O–H groups in total. The highest BCUT2D eigenvalue weighted by molar-refractivity contribution is 7.47. The van der Waals surface area contributed by atoms with Crippen molar-refractivity contribution in [3.63, 3.8) is 0 Å². The van der Waals surface area contributed by atoms with Gasteiger partial charge in [0.25, 0.3) is 0 Å². The number of allylic oxidation sites excluding steroid dienone is 18. The van der Waals surface area contributed by atoms with E-state index in [1.165, 1.54) is 180 Å². The van der Waals surface area contributed by atoms with E-state index in [0.717, 1.165) is 141 Å². The van der Waals surface area contributed by atoms with Crippen molar-refractivity contribution < 1.29 is 75.8 Å². The molecule has 0 bridgehead atoms. The van der Waals surface area contributed by atoms with E-state index < -0.39 is 91.5 Å². The Kier molecular flexibility index (Phi) is 78.8. The van der Waals surface area contributed by atoms with E-state index in [0.29, 0.717) is 19.3 Å². The molecule has 0 aliphatic rings. The van der Waals surface area contributed by atoms with Crippen molar-refractivity contribution in [2.45, 2.75) is 399 Å². The second-order valence-electron chi connectivity index (χ2n) is 29.0. The molecule has 107 heavy (non-hydrogen) atoms. The summed E-state index contributed by atoms with van der Waals surface area (Å²) in [5.41, 5.74) is 0. The fraction of sp³-hybridized carbons (Fsp3) is 0.764. The van der Waals surface area contributed by atoms with Crippen molar-refractivity contribution in [2.24, 2.45) is 0 Å². The SMILES string of the molecule is CCCCC/C=C\C/C=C\C/C=C\C/C=C\CCCCCCCCCCCCCCCCCCCC(=O)OCC(O)COP(=O)(O)OCC(O)COP(=O)(O)OCC(COC(=O)CCCCCCCCC/C=C\C/C=C\C/C=C\C/C=C\CCCCC)OC(=O)CCCCCCC/C=C\CCCCCCCC. The summed E-state index contributed by atoms with van der Waals surface area (Å²) in [5.74, 6) is -1.58. The van der Waals surface area contributed by atoms with Crippen LogP contribution in [0.5, 0.6) is 0 Å². The van der Waals surface area contributed by atoms with Gasteiger partial charge < -0.3 is 34.2 Å². The van der Waals surface area contributed by atoms with Gasteiger partial charge in [-0.15, -0.1) is 0 Å². The molecule has 0 saturated carbocycles. The Morgan fingerprint density at radius 3 is 0.766 bits per heavy atom. The fourth-order valence-corrected chi connectivity index (χ4v) is 13.4. The van der Waals surface area contributed by atoms with Gasteiger partial charge in [-0.3, -0.25) is 32.5 Å². The maximum absolute atomic E-state index is 13.0. The zero-order valence-corrected chi connectivity index (χ0v) is 69.8. The molecular formula is C89H158O16P2. The number of phosphoric ester groups is 2. The zero-order valence-electron chi connectivity index (χ0n) is 68.0. The van der Waals surface area contributed by atoms with Crippen LogP contribution in [0.2, 0.25) is 0 Å². The predicted molar refractivity (Wildman–Crippen MR) is 445 cm³/mol. The molecule has 0 aliphatic carbocycles. The second kappa shape index (κ2) is 81.7. The minimum absolute atomic E-state index is 0.0924. The van der Waals surface area contributed by atoms with E-state index in [-0.39, 0.29) is 19.3 Å². The zero-order chi connectivity index (χ0) is 78.0. The standard InChI is InChI=1S/C89H158O16P2/c1-4-7-10-13-16-19-22-25-28-30-32-34-36-37-38-39-40-41-42-43-44-45-47-49-50-52-55-57-60-63-66-69-72-75-87(92)99-78-84(90)79-101-106(95,96)102-80-85(91)81-103-107(97,98)104-83-86(105-89(94)77-74-71-68-65-62-59-54-27-24-21-18-15-12-9-6-3)82-100-88(93)76-73-70-67-64-61-58-56-53-51-48-46-35-33-31-29-26-23-20-17-14-11-8-5-2/h16-17,19-20,25-29,32-35,37-38,48,51,54,84-86,90-91H,4-15,18,21-24,30-31,36,39-47,49-50,52-53,55-83H2,1-3H3,(H,95,96)(H,97,98)/b19-16-,20-17-,28-25-,29-26-,34-32-,35-33-,38-37-,51-48-,54-27-. The van der Waals surface area contributed by atoms with Gasteiger partial charge in [0.15, 0.2) is 6.10 Å². The van der Waals surface area contributed by atoms with Crippen molar-refractivity contribution in [3.8, 4) is 0 Å². The monoisotopic (exact) mass is 1550 g/mol. The normalized spacial score (nSPS) is 14.4. The molecule has 0 aromatic rings. The first-order valence-electron chi connectivity index (χ1n) is 43.2. The van der Waals surface area contributed by atoms with Crippen LogP contribution in [0.3, 0.4) is 0 Å². The first-order chi connectivity index (χ1) is 52.2. The number of aliphatic hydroxyl groups is 2. The van der Waals surface area contributed by atoms with Crippen LogP contribution in [-0.2, 0) is 55.8 Å². The maximum atomic E-state index is 13.0. The molecular weight excluding hydrogens is 1390 g/mol. The summed E-state index contributed by atoms with van der Waals surface area (Å²) in [6.45, 7) is 2.65. The molecule has 0 radical (unpaired) electrons. The van der Waals surface area contributed by atoms with E-state index in [2.05, 4.69) is 130 Å². The third-order valence-corrected chi connectivity index (χ3v) is 20.3. The molecule has 0 aliphatic heterocycles. The topological polar surface area (TPSA) is 231 Å². The summed E-state index contributed by atoms with van der Waals surface area (Å²) >= 11 is 0. The highest BCUT2D eigenvalue weighted by atomic mass is 31.2. The number of carbonyl (C=O) groups excluding carboxylic acids is 3. The first-order valence-corrected chi connectivity index (χ1v) is 46.2. The van der Waals surface area contributed by atoms with Crippen molar-refractivity contribution >= 4 is 33.6 Å². The van der Waals surface area contributed by atoms with Gasteiger partial charge in [-0.25, -0.2) is 9.13 Å². The maximum Gasteiger partial charge on any atom is 0.472 e. The Bertz CT molecular complexity index is 2380. The third-order valence-electron chi connectivity index (χ3n) is 18.4. The number of phosphoric acid groups is 2. The Hall–Kier alpha value is -3.79. The van der Waals surface area contributed by atoms with E-state index in [9.17, 15) is 43.5 Å². The van der Waals surface area contributed by atoms with Crippen LogP contribution in [-0.4, -0.2) is 95.9 Å². The number of rotatable bonds is 82. The van der Waals surface area contributed by atoms with E-state index in [4.69, 9.17) is 32.3 Å². The number of aliphatic hydroxyl groups excluding tert-OH is 2. The fourth-order valence-electron chi connectivity index (χ4n) is 11.8. The van der Waals surface area contributed by atoms with Gasteiger partial charge in [-0.1, -0.05) is 336 Å². The average molecular weight is 1550 g/mol. The summed E-state index contributed by atoms with van der Waals surface area (Å²) in [7, 11) is -9.79. The molecule has 16 nitrogen and oxygen atoms in total. The van der Waals surface area contributed by atoms with E-state index in [1.54, 1.807) is 0 Å². The molecule has 5 atom stereocenters. The Morgan fingerprint density at radius 2 is 0.467 bits per heavy atom. The summed E-state index contributed by atoms with van der Waals surface area (Å²) in [5, 5.41) is 20.7. The lowest BCUT2D eigenvalue weighted by Gasteiger charge is -2.21. The number of hydrogen-bond donors (Lipinski definition) is 4. The van der Waals surface area contributed by atoms with Gasteiger partial charge >= 0.3 is 33.6 Å². The van der Waals surface area contributed by atoms with Gasteiger partial charge in [0, 0.05) is 19.3 Å². The summed E-state index contributed by atoms with van der Waals surface area (Å²) in [6.07, 6.45) is 97.1. The molecule has 0 heterocycles. The highest BCUT2D eigenvalue weighted by Gasteiger charge is 2.29. The Labute approximate surface area is 653 Å². The van der Waals surface area contributed by atoms with Crippen LogP contribution in [0.15, 0.2) is 109 Å². The van der Waals surface area contributed by atoms with Gasteiger partial charge in [-0.05, 0) is 135 Å². The van der Waals surface area contributed by atoms with Gasteiger partial charge in [-0.2, -0.15) is 0 Å². The second-order valence-corrected chi connectivity index (χ2v) is 31.9. The number of ether oxygens (including phenoxy) is 3. The Morgan fingerprint density at radius 1 is 0.262 bits per heavy atom. The third kappa shape index (κ3) is 83.0. The van der Waals surface area contributed by atoms with Crippen LogP contribution in [0.4, 0.5) is 0 Å². The van der Waals surface area contributed by atoms with Crippen molar-refractivity contribution in [2.75, 3.05) is 39.6 Å². The minimum atomic E-state index is -4.94. The van der Waals surface area contributed by atoms with Crippen LogP contribution < -0.4 is 0 Å². The quantitative estimate of drug-likeness (QED) is 0.0146. The lowest BCUT2D eigenvalue weighted by atomic mass is 10.0. The number of unbranched alkanes of at least 4 members (excludes halogenated alkanes) is 41. The van der Waals surface area contributed by atoms with Gasteiger partial charge in [0.2, 0.25) is 0 Å². The number of hydrogen-bond acceptors (Lipinski definition) is 14. The predicted octanol–water partition coefficient (Wildman–Crippen LogP) is 25.9. The smallest absolute Gasteiger partial charge is 0.463 e. The highest BCUT2D eigenvalue weighted by Crippen LogP contribution is 2.45. The van der Waals surface area contributed by atoms with E-state index >= 15 is 0 Å². The largest absolute Gasteiger partial charge is 0.472 e. The van der Waals surface area contributed by atoms with Crippen LogP contribution in [0, 0.1) is 0 Å². The van der Waals surface area contributed by atoms with Crippen molar-refractivity contribution in [1.82, 2.24) is 0 Å². The first kappa shape index (κ1) is 103. The van der Waals surface area contributed by atoms with Gasteiger partial charge in [0.05, 0.1) is 26.4 Å². The van der Waals surface area contributed by atoms with Gasteiger partial charge in [0.1, 0.15) is 25.4 Å². The molecule has 0 amide bonds. The molecule has 0 spiro atoms. The Balaban J connectivity index is 4.46. The molecule has 0 fully saturated rings. The average Bonchev–Trinajstić information content (AvgIpc) is 0.908. The molecule has 18 heteroatoms. The summed E-state index contributed by atoms with van der Waals surface area (Å²) in [6, 6.07) is 0. The number of carbonyl (C=O) groups is 3. The molecule has 5 unspecified atom stereocenters. The number of esters is 3. The molecule has 0 saturated heterocycles. The summed E-state index contributed by atoms with van der Waals surface area (Å²) < 4.78 is 61.3. The molecule has 0 rings (SSSR count). The molecule has 620 valence electrons. The minimum Gasteiger partial charge on any atom is -0.463 e. The van der Waals surface area contributed by atoms with Crippen LogP contribution in [0.1, 0.15) is 380 Å². The molecule has 0 aromatic carbocycles. The lowest BCUT2D eigenvalue weighted by Crippen LogP contribution is -2.30. The van der Waals surface area contributed by atoms with Crippen molar-refractivity contribution in [1.29, 1.82) is 0 Å².